The summed E-state index contributed by atoms with van der Waals surface area (Å²) in [5.41, 5.74) is 6.61. The number of hydrogen-bond donors (Lipinski definition) is 0. The number of rotatable bonds is 4. The van der Waals surface area contributed by atoms with Crippen LogP contribution in [0.4, 0.5) is 5.69 Å². The molecule has 21 heavy (non-hydrogen) atoms. The molecule has 1 heterocycles. The fraction of sp³-hybridized carbons (Fsp3) is 0.474. The highest BCUT2D eigenvalue weighted by atomic mass is 15.4. The molecule has 0 amide bonds. The summed E-state index contributed by atoms with van der Waals surface area (Å²) >= 11 is 0. The molecule has 0 fully saturated rings. The lowest BCUT2D eigenvalue weighted by atomic mass is 10.1. The highest BCUT2D eigenvalue weighted by molar-refractivity contribution is 5.96. The average Bonchev–Trinajstić information content (AvgIpc) is 2.57. The Morgan fingerprint density at radius 1 is 1.05 bits per heavy atom. The monoisotopic (exact) mass is 286 g/mol. The van der Waals surface area contributed by atoms with Gasteiger partial charge in [-0.2, -0.15) is 5.10 Å². The van der Waals surface area contributed by atoms with Crippen molar-refractivity contribution >= 4 is 11.4 Å². The molecule has 1 aliphatic rings. The summed E-state index contributed by atoms with van der Waals surface area (Å²) in [5.74, 6) is 0. The number of hydrazone groups is 1. The summed E-state index contributed by atoms with van der Waals surface area (Å²) in [7, 11) is 0. The number of anilines is 1. The molecule has 0 aromatic heterocycles. The Hall–Kier alpha value is -1.79. The van der Waals surface area contributed by atoms with Gasteiger partial charge < -0.3 is 0 Å². The Morgan fingerprint density at radius 2 is 1.67 bits per heavy atom. The van der Waals surface area contributed by atoms with Crippen molar-refractivity contribution in [3.05, 3.63) is 47.8 Å². The summed E-state index contributed by atoms with van der Waals surface area (Å²) in [4.78, 5) is 0. The summed E-state index contributed by atoms with van der Waals surface area (Å²) < 4.78 is 0. The standard InChI is InChI=1S/C15H18N2.2C2H6/c1-3-4-6-14-7-5-12-17(16-14)15-10-8-13(2)9-11-15;2*1-2/h7-12H,3-4,6H2,1-2H3;2*1-2H3. The van der Waals surface area contributed by atoms with Crippen LogP contribution in [-0.4, -0.2) is 5.71 Å². The van der Waals surface area contributed by atoms with Gasteiger partial charge in [-0.3, -0.25) is 0 Å². The van der Waals surface area contributed by atoms with Crippen LogP contribution in [0.5, 0.6) is 0 Å². The molecule has 2 heteroatoms. The number of nitrogens with zero attached hydrogens (tertiary/aromatic N) is 2. The lowest BCUT2D eigenvalue weighted by Gasteiger charge is -2.17. The molecule has 0 aliphatic carbocycles. The lowest BCUT2D eigenvalue weighted by molar-refractivity contribution is 0.831. The molecular formula is C19H30N2. The maximum atomic E-state index is 4.60. The van der Waals surface area contributed by atoms with Crippen LogP contribution in [0.15, 0.2) is 47.4 Å². The zero-order valence-electron chi connectivity index (χ0n) is 14.5. The van der Waals surface area contributed by atoms with Crippen LogP contribution in [0, 0.1) is 6.92 Å². The number of unbranched alkanes of at least 4 members (excludes halogenated alkanes) is 1. The van der Waals surface area contributed by atoms with Gasteiger partial charge in [0.1, 0.15) is 0 Å². The Bertz CT molecular complexity index is 463. The Morgan fingerprint density at radius 3 is 2.24 bits per heavy atom. The van der Waals surface area contributed by atoms with E-state index < -0.39 is 0 Å². The summed E-state index contributed by atoms with van der Waals surface area (Å²) in [6.45, 7) is 12.3. The van der Waals surface area contributed by atoms with Crippen molar-refractivity contribution < 1.29 is 0 Å². The van der Waals surface area contributed by atoms with E-state index in [1.807, 2.05) is 45.0 Å². The highest BCUT2D eigenvalue weighted by Crippen LogP contribution is 2.18. The molecule has 0 atom stereocenters. The third kappa shape index (κ3) is 6.97. The minimum Gasteiger partial charge on any atom is -0.233 e. The second kappa shape index (κ2) is 12.0. The van der Waals surface area contributed by atoms with Gasteiger partial charge in [0, 0.05) is 6.08 Å². The molecule has 2 rings (SSSR count). The second-order valence-corrected chi connectivity index (χ2v) is 4.32. The third-order valence-electron chi connectivity index (χ3n) is 2.77. The van der Waals surface area contributed by atoms with Crippen LogP contribution < -0.4 is 5.01 Å². The quantitative estimate of drug-likeness (QED) is 0.612. The normalized spacial score (nSPS) is 11.9. The molecule has 1 aromatic rings. The maximum absolute atomic E-state index is 4.60. The SMILES string of the molecule is CC.CC.CCCCC1=NN(c2ccc(C)cc2)C=C=C1. The van der Waals surface area contributed by atoms with E-state index in [1.54, 1.807) is 0 Å². The van der Waals surface area contributed by atoms with E-state index in [9.17, 15) is 0 Å². The first-order chi connectivity index (χ1) is 10.3. The molecule has 0 bridgehead atoms. The van der Waals surface area contributed by atoms with Crippen molar-refractivity contribution in [1.29, 1.82) is 0 Å². The molecule has 0 saturated heterocycles. The molecule has 0 saturated carbocycles. The number of aryl methyl sites for hydroxylation is 1. The zero-order valence-corrected chi connectivity index (χ0v) is 14.5. The molecule has 1 aliphatic heterocycles. The molecule has 2 nitrogen and oxygen atoms in total. The van der Waals surface area contributed by atoms with Crippen molar-refractivity contribution in [1.82, 2.24) is 0 Å². The Labute approximate surface area is 130 Å². The predicted molar refractivity (Wildman–Crippen MR) is 96.0 cm³/mol. The van der Waals surface area contributed by atoms with Crippen molar-refractivity contribution in [2.75, 3.05) is 5.01 Å². The van der Waals surface area contributed by atoms with E-state index >= 15 is 0 Å². The van der Waals surface area contributed by atoms with E-state index in [0.29, 0.717) is 0 Å². The van der Waals surface area contributed by atoms with Gasteiger partial charge in [-0.05, 0) is 31.9 Å². The maximum Gasteiger partial charge on any atom is 0.0710 e. The van der Waals surface area contributed by atoms with E-state index in [-0.39, 0.29) is 0 Å². The van der Waals surface area contributed by atoms with Gasteiger partial charge in [-0.25, -0.2) is 5.01 Å². The fourth-order valence-corrected chi connectivity index (χ4v) is 1.71. The van der Waals surface area contributed by atoms with Gasteiger partial charge in [0.15, 0.2) is 0 Å². The van der Waals surface area contributed by atoms with Crippen LogP contribution in [-0.2, 0) is 0 Å². The van der Waals surface area contributed by atoms with Crippen LogP contribution in [0.1, 0.15) is 59.4 Å². The van der Waals surface area contributed by atoms with Gasteiger partial charge in [-0.1, -0.05) is 64.5 Å². The topological polar surface area (TPSA) is 15.6 Å². The highest BCUT2D eigenvalue weighted by Gasteiger charge is 2.05. The summed E-state index contributed by atoms with van der Waals surface area (Å²) in [5, 5.41) is 6.49. The van der Waals surface area contributed by atoms with Gasteiger partial charge in [-0.15, -0.1) is 0 Å². The third-order valence-corrected chi connectivity index (χ3v) is 2.77. The van der Waals surface area contributed by atoms with E-state index in [2.05, 4.69) is 48.9 Å². The Balaban J connectivity index is 0.000000921. The fourth-order valence-electron chi connectivity index (χ4n) is 1.71. The average molecular weight is 286 g/mol. The molecule has 1 aromatic carbocycles. The lowest BCUT2D eigenvalue weighted by Crippen LogP contribution is -2.13. The van der Waals surface area contributed by atoms with Crippen molar-refractivity contribution in [3.8, 4) is 0 Å². The minimum absolute atomic E-state index is 1.03. The van der Waals surface area contributed by atoms with E-state index in [1.165, 1.54) is 18.4 Å². The molecule has 116 valence electrons. The van der Waals surface area contributed by atoms with Gasteiger partial charge in [0.25, 0.3) is 0 Å². The largest absolute Gasteiger partial charge is 0.233 e. The smallest absolute Gasteiger partial charge is 0.0710 e. The van der Waals surface area contributed by atoms with Crippen molar-refractivity contribution in [3.63, 3.8) is 0 Å². The first-order valence-electron chi connectivity index (χ1n) is 8.15. The molecule has 0 unspecified atom stereocenters. The van der Waals surface area contributed by atoms with Gasteiger partial charge in [0.2, 0.25) is 0 Å². The molecule has 0 N–H and O–H groups in total. The van der Waals surface area contributed by atoms with Gasteiger partial charge in [0.05, 0.1) is 17.6 Å². The van der Waals surface area contributed by atoms with Crippen LogP contribution in [0.2, 0.25) is 0 Å². The molecular weight excluding hydrogens is 256 g/mol. The van der Waals surface area contributed by atoms with E-state index in [0.717, 1.165) is 17.8 Å². The van der Waals surface area contributed by atoms with Gasteiger partial charge >= 0.3 is 0 Å². The van der Waals surface area contributed by atoms with Crippen LogP contribution in [0.25, 0.3) is 0 Å². The first-order valence-corrected chi connectivity index (χ1v) is 8.15. The van der Waals surface area contributed by atoms with Crippen LogP contribution >= 0.6 is 0 Å². The number of hydrogen-bond acceptors (Lipinski definition) is 2. The zero-order chi connectivity index (χ0) is 16.1. The first kappa shape index (κ1) is 19.2. The number of benzene rings is 1. The summed E-state index contributed by atoms with van der Waals surface area (Å²) in [6, 6.07) is 8.37. The Kier molecular flexibility index (Phi) is 11.0. The van der Waals surface area contributed by atoms with Crippen LogP contribution in [0.3, 0.4) is 0 Å². The summed E-state index contributed by atoms with van der Waals surface area (Å²) in [6.07, 6.45) is 7.25. The predicted octanol–water partition coefficient (Wildman–Crippen LogP) is 6.08. The minimum atomic E-state index is 1.03. The number of allylic oxidation sites excluding steroid dienone is 1. The van der Waals surface area contributed by atoms with Crippen molar-refractivity contribution in [2.45, 2.75) is 60.8 Å². The second-order valence-electron chi connectivity index (χ2n) is 4.32. The molecule has 0 radical (unpaired) electrons. The molecule has 0 spiro atoms. The van der Waals surface area contributed by atoms with Crippen molar-refractivity contribution in [2.24, 2.45) is 5.10 Å². The van der Waals surface area contributed by atoms with E-state index in [4.69, 9.17) is 0 Å².